The number of halogens is 2. The second-order valence-electron chi connectivity index (χ2n) is 7.85. The predicted molar refractivity (Wildman–Crippen MR) is 147 cm³/mol. The minimum atomic E-state index is -0.942. The Kier molecular flexibility index (Phi) is 8.61. The maximum atomic E-state index is 12.1. The van der Waals surface area contributed by atoms with Crippen LogP contribution in [0.25, 0.3) is 10.8 Å². The smallest absolute Gasteiger partial charge is 0.329 e. The van der Waals surface area contributed by atoms with Crippen molar-refractivity contribution in [3.05, 3.63) is 100 Å². The summed E-state index contributed by atoms with van der Waals surface area (Å²) in [6.45, 7) is 2.69. The van der Waals surface area contributed by atoms with Crippen LogP contribution in [0.2, 0.25) is 10.0 Å². The summed E-state index contributed by atoms with van der Waals surface area (Å²) in [5.41, 5.74) is 4.23. The molecule has 0 fully saturated rings. The van der Waals surface area contributed by atoms with Gasteiger partial charge in [-0.15, -0.1) is 0 Å². The SMILES string of the molecule is CCOc1cc(/C=N/NC(=O)C(=O)Nc2ccc(Cl)c(Cl)c2)ccc1OCc1cccc2ccccc12. The summed E-state index contributed by atoms with van der Waals surface area (Å²) in [5, 5.41) is 9.16. The van der Waals surface area contributed by atoms with Crippen molar-refractivity contribution >= 4 is 57.7 Å². The van der Waals surface area contributed by atoms with E-state index >= 15 is 0 Å². The number of fused-ring (bicyclic) bond motifs is 1. The van der Waals surface area contributed by atoms with Crippen LogP contribution in [0.4, 0.5) is 5.69 Å². The molecule has 4 aromatic carbocycles. The Bertz CT molecular complexity index is 1470. The molecule has 0 heterocycles. The molecule has 7 nitrogen and oxygen atoms in total. The molecule has 2 amide bonds. The van der Waals surface area contributed by atoms with E-state index in [1.807, 2.05) is 31.2 Å². The van der Waals surface area contributed by atoms with Gasteiger partial charge < -0.3 is 14.8 Å². The Labute approximate surface area is 224 Å². The zero-order valence-corrected chi connectivity index (χ0v) is 21.3. The van der Waals surface area contributed by atoms with Crippen molar-refractivity contribution in [3.8, 4) is 11.5 Å². The number of nitrogens with zero attached hydrogens (tertiary/aromatic N) is 1. The van der Waals surface area contributed by atoms with Gasteiger partial charge in [-0.2, -0.15) is 5.10 Å². The lowest BCUT2D eigenvalue weighted by molar-refractivity contribution is -0.136. The quantitative estimate of drug-likeness (QED) is 0.159. The van der Waals surface area contributed by atoms with Gasteiger partial charge in [0.1, 0.15) is 6.61 Å². The molecule has 0 bridgehead atoms. The molecule has 0 saturated heterocycles. The van der Waals surface area contributed by atoms with E-state index in [4.69, 9.17) is 32.7 Å². The zero-order valence-electron chi connectivity index (χ0n) is 19.8. The van der Waals surface area contributed by atoms with Gasteiger partial charge in [-0.1, -0.05) is 65.7 Å². The molecule has 0 unspecified atom stereocenters. The average molecular weight is 536 g/mol. The van der Waals surface area contributed by atoms with Crippen molar-refractivity contribution in [3.63, 3.8) is 0 Å². The number of benzene rings is 4. The normalized spacial score (nSPS) is 10.9. The summed E-state index contributed by atoms with van der Waals surface area (Å²) in [6, 6.07) is 24.0. The fraction of sp³-hybridized carbons (Fsp3) is 0.107. The van der Waals surface area contributed by atoms with E-state index in [0.29, 0.717) is 41.0 Å². The van der Waals surface area contributed by atoms with E-state index in [1.165, 1.54) is 24.4 Å². The molecule has 188 valence electrons. The largest absolute Gasteiger partial charge is 0.490 e. The highest BCUT2D eigenvalue weighted by Gasteiger charge is 2.14. The second kappa shape index (κ2) is 12.3. The van der Waals surface area contributed by atoms with E-state index in [9.17, 15) is 9.59 Å². The third-order valence-corrected chi connectivity index (χ3v) is 6.03. The number of hydrogen-bond donors (Lipinski definition) is 2. The van der Waals surface area contributed by atoms with Gasteiger partial charge in [-0.3, -0.25) is 9.59 Å². The van der Waals surface area contributed by atoms with Gasteiger partial charge in [-0.05, 0) is 65.2 Å². The molecule has 0 aromatic heterocycles. The van der Waals surface area contributed by atoms with E-state index in [0.717, 1.165) is 16.3 Å². The number of nitrogens with one attached hydrogen (secondary N) is 2. The summed E-state index contributed by atoms with van der Waals surface area (Å²) >= 11 is 11.8. The fourth-order valence-corrected chi connectivity index (χ4v) is 3.84. The number of rotatable bonds is 8. The molecule has 0 spiro atoms. The van der Waals surface area contributed by atoms with E-state index in [-0.39, 0.29) is 5.02 Å². The van der Waals surface area contributed by atoms with E-state index < -0.39 is 11.8 Å². The molecular formula is C28H23Cl2N3O4. The Hall–Kier alpha value is -4.07. The van der Waals surface area contributed by atoms with Gasteiger partial charge in [0.15, 0.2) is 11.5 Å². The number of hydrogen-bond acceptors (Lipinski definition) is 5. The average Bonchev–Trinajstić information content (AvgIpc) is 2.90. The lowest BCUT2D eigenvalue weighted by Crippen LogP contribution is -2.32. The minimum absolute atomic E-state index is 0.257. The molecule has 0 saturated carbocycles. The number of carbonyl (C=O) groups excluding carboxylic acids is 2. The highest BCUT2D eigenvalue weighted by molar-refractivity contribution is 6.43. The molecular weight excluding hydrogens is 513 g/mol. The molecule has 2 N–H and O–H groups in total. The lowest BCUT2D eigenvalue weighted by atomic mass is 10.1. The third kappa shape index (κ3) is 6.78. The standard InChI is InChI=1S/C28H23Cl2N3O4/c1-2-36-26-14-18(16-31-33-28(35)27(34)32-21-11-12-23(29)24(30)15-21)10-13-25(26)37-17-20-8-5-7-19-6-3-4-9-22(19)20/h3-16H,2,17H2,1H3,(H,32,34)(H,33,35)/b31-16+. The highest BCUT2D eigenvalue weighted by atomic mass is 35.5. The van der Waals surface area contributed by atoms with E-state index in [2.05, 4.69) is 34.0 Å². The molecule has 4 rings (SSSR count). The molecule has 0 radical (unpaired) electrons. The van der Waals surface area contributed by atoms with Gasteiger partial charge >= 0.3 is 11.8 Å². The summed E-state index contributed by atoms with van der Waals surface area (Å²) in [6.07, 6.45) is 1.40. The summed E-state index contributed by atoms with van der Waals surface area (Å²) in [4.78, 5) is 24.2. The zero-order chi connectivity index (χ0) is 26.2. The monoisotopic (exact) mass is 535 g/mol. The van der Waals surface area contributed by atoms with Crippen LogP contribution in [-0.2, 0) is 16.2 Å². The van der Waals surface area contributed by atoms with Crippen LogP contribution in [0, 0.1) is 0 Å². The molecule has 0 atom stereocenters. The van der Waals surface area contributed by atoms with Crippen LogP contribution < -0.4 is 20.2 Å². The van der Waals surface area contributed by atoms with Crippen LogP contribution in [-0.4, -0.2) is 24.6 Å². The van der Waals surface area contributed by atoms with Crippen molar-refractivity contribution in [2.45, 2.75) is 13.5 Å². The fourth-order valence-electron chi connectivity index (χ4n) is 3.54. The number of anilines is 1. The van der Waals surface area contributed by atoms with Gasteiger partial charge in [0.05, 0.1) is 22.9 Å². The topological polar surface area (TPSA) is 89.0 Å². The maximum absolute atomic E-state index is 12.1. The second-order valence-corrected chi connectivity index (χ2v) is 8.66. The maximum Gasteiger partial charge on any atom is 0.329 e. The first-order valence-electron chi connectivity index (χ1n) is 11.4. The number of carbonyl (C=O) groups is 2. The molecule has 0 aliphatic carbocycles. The number of hydrazone groups is 1. The Morgan fingerprint density at radius 2 is 1.68 bits per heavy atom. The lowest BCUT2D eigenvalue weighted by Gasteiger charge is -2.13. The molecule has 0 aliphatic rings. The van der Waals surface area contributed by atoms with Crippen molar-refractivity contribution in [2.75, 3.05) is 11.9 Å². The van der Waals surface area contributed by atoms with Crippen LogP contribution in [0.3, 0.4) is 0 Å². The van der Waals surface area contributed by atoms with Crippen molar-refractivity contribution in [1.82, 2.24) is 5.43 Å². The minimum Gasteiger partial charge on any atom is -0.490 e. The first-order chi connectivity index (χ1) is 17.9. The van der Waals surface area contributed by atoms with Crippen LogP contribution in [0.15, 0.2) is 84.0 Å². The molecule has 0 aliphatic heterocycles. The molecule has 37 heavy (non-hydrogen) atoms. The van der Waals surface area contributed by atoms with Crippen LogP contribution in [0.1, 0.15) is 18.1 Å². The molecule has 9 heteroatoms. The number of amides is 2. The van der Waals surface area contributed by atoms with E-state index in [1.54, 1.807) is 18.2 Å². The van der Waals surface area contributed by atoms with Crippen LogP contribution >= 0.6 is 23.2 Å². The Balaban J connectivity index is 1.38. The summed E-state index contributed by atoms with van der Waals surface area (Å²) in [5.74, 6) is -0.725. The summed E-state index contributed by atoms with van der Waals surface area (Å²) < 4.78 is 11.8. The van der Waals surface area contributed by atoms with Crippen molar-refractivity contribution < 1.29 is 19.1 Å². The van der Waals surface area contributed by atoms with Gasteiger partial charge in [0.2, 0.25) is 0 Å². The molecule has 4 aromatic rings. The van der Waals surface area contributed by atoms with Gasteiger partial charge in [0, 0.05) is 5.69 Å². The van der Waals surface area contributed by atoms with Crippen molar-refractivity contribution in [1.29, 1.82) is 0 Å². The van der Waals surface area contributed by atoms with Gasteiger partial charge in [-0.25, -0.2) is 5.43 Å². The van der Waals surface area contributed by atoms with Crippen LogP contribution in [0.5, 0.6) is 11.5 Å². The first-order valence-corrected chi connectivity index (χ1v) is 12.2. The third-order valence-electron chi connectivity index (χ3n) is 5.29. The predicted octanol–water partition coefficient (Wildman–Crippen LogP) is 6.21. The first kappa shape index (κ1) is 26.0. The van der Waals surface area contributed by atoms with Crippen molar-refractivity contribution in [2.24, 2.45) is 5.10 Å². The van der Waals surface area contributed by atoms with Gasteiger partial charge in [0.25, 0.3) is 0 Å². The Morgan fingerprint density at radius 1 is 0.865 bits per heavy atom. The summed E-state index contributed by atoms with van der Waals surface area (Å²) in [7, 11) is 0. The highest BCUT2D eigenvalue weighted by Crippen LogP contribution is 2.30. The number of ether oxygens (including phenoxy) is 2. The Morgan fingerprint density at radius 3 is 2.49 bits per heavy atom.